The first kappa shape index (κ1) is 19.1. The molecule has 0 bridgehead atoms. The molecule has 3 aliphatic heterocycles. The molecular weight excluding hydrogens is 400 g/mol. The van der Waals surface area contributed by atoms with Crippen LogP contribution in [0.3, 0.4) is 0 Å². The first-order chi connectivity index (χ1) is 14.7. The van der Waals surface area contributed by atoms with Crippen LogP contribution in [0.25, 0.3) is 0 Å². The van der Waals surface area contributed by atoms with Crippen LogP contribution in [0.4, 0.5) is 10.5 Å². The first-order valence-electron chi connectivity index (χ1n) is 10.3. The summed E-state index contributed by atoms with van der Waals surface area (Å²) in [7, 11) is 0. The van der Waals surface area contributed by atoms with Crippen LogP contribution >= 0.6 is 11.6 Å². The lowest BCUT2D eigenvalue weighted by Gasteiger charge is -2.21. The fraction of sp³-hybridized carbons (Fsp3) is 0.318. The maximum atomic E-state index is 12.4. The Morgan fingerprint density at radius 1 is 1.20 bits per heavy atom. The molecular formula is C22H23ClN6O. The predicted molar refractivity (Wildman–Crippen MR) is 119 cm³/mol. The quantitative estimate of drug-likeness (QED) is 0.758. The number of hydrazine groups is 1. The predicted octanol–water partition coefficient (Wildman–Crippen LogP) is 4.39. The molecule has 8 heteroatoms. The second kappa shape index (κ2) is 8.08. The number of anilines is 1. The van der Waals surface area contributed by atoms with Crippen molar-refractivity contribution in [2.45, 2.75) is 31.8 Å². The number of amides is 2. The van der Waals surface area contributed by atoms with Gasteiger partial charge in [-0.25, -0.2) is 19.8 Å². The zero-order valence-electron chi connectivity index (χ0n) is 16.5. The number of hydrogen-bond acceptors (Lipinski definition) is 5. The van der Waals surface area contributed by atoms with Crippen molar-refractivity contribution in [1.29, 1.82) is 0 Å². The van der Waals surface area contributed by atoms with Crippen LogP contribution in [0.2, 0.25) is 5.02 Å². The van der Waals surface area contributed by atoms with E-state index in [4.69, 9.17) is 11.6 Å². The van der Waals surface area contributed by atoms with E-state index >= 15 is 0 Å². The summed E-state index contributed by atoms with van der Waals surface area (Å²) in [6.45, 7) is 1.61. The molecule has 0 saturated carbocycles. The van der Waals surface area contributed by atoms with Crippen LogP contribution in [0.5, 0.6) is 0 Å². The molecule has 0 aromatic heterocycles. The lowest BCUT2D eigenvalue weighted by atomic mass is 10.0. The Morgan fingerprint density at radius 3 is 2.87 bits per heavy atom. The molecule has 1 aliphatic carbocycles. The smallest absolute Gasteiger partial charge is 0.321 e. The number of guanidine groups is 1. The summed E-state index contributed by atoms with van der Waals surface area (Å²) >= 11 is 6.46. The molecule has 1 aromatic rings. The van der Waals surface area contributed by atoms with Crippen LogP contribution in [0, 0.1) is 0 Å². The van der Waals surface area contributed by atoms with E-state index in [1.165, 1.54) is 5.57 Å². The molecule has 0 spiro atoms. The van der Waals surface area contributed by atoms with Gasteiger partial charge < -0.3 is 10.2 Å². The Bertz CT molecular complexity index is 1020. The van der Waals surface area contributed by atoms with Gasteiger partial charge in [0.1, 0.15) is 6.17 Å². The van der Waals surface area contributed by atoms with Crippen molar-refractivity contribution in [3.8, 4) is 0 Å². The maximum Gasteiger partial charge on any atom is 0.321 e. The Morgan fingerprint density at radius 2 is 2.07 bits per heavy atom. The Kier molecular flexibility index (Phi) is 5.14. The zero-order valence-corrected chi connectivity index (χ0v) is 17.3. The van der Waals surface area contributed by atoms with Crippen molar-refractivity contribution >= 4 is 35.5 Å². The number of fused-ring (bicyclic) bond motifs is 1. The second-order valence-electron chi connectivity index (χ2n) is 7.67. The number of rotatable bonds is 3. The molecule has 7 nitrogen and oxygen atoms in total. The number of benzene rings is 1. The third kappa shape index (κ3) is 3.78. The van der Waals surface area contributed by atoms with Gasteiger partial charge in [0.05, 0.1) is 0 Å². The third-order valence-electron chi connectivity index (χ3n) is 5.57. The highest BCUT2D eigenvalue weighted by Crippen LogP contribution is 2.32. The van der Waals surface area contributed by atoms with Gasteiger partial charge in [-0.05, 0) is 49.5 Å². The van der Waals surface area contributed by atoms with Gasteiger partial charge in [0.25, 0.3) is 0 Å². The third-order valence-corrected chi connectivity index (χ3v) is 5.92. The van der Waals surface area contributed by atoms with Gasteiger partial charge in [0, 0.05) is 47.4 Å². The molecule has 30 heavy (non-hydrogen) atoms. The topological polar surface area (TPSA) is 72.3 Å². The summed E-state index contributed by atoms with van der Waals surface area (Å²) in [5.74, 6) is 0.590. The highest BCUT2D eigenvalue weighted by molar-refractivity contribution is 6.31. The molecule has 3 heterocycles. The van der Waals surface area contributed by atoms with E-state index in [0.717, 1.165) is 49.9 Å². The lowest BCUT2D eigenvalue weighted by Crippen LogP contribution is -2.35. The van der Waals surface area contributed by atoms with E-state index in [2.05, 4.69) is 39.0 Å². The van der Waals surface area contributed by atoms with E-state index in [1.807, 2.05) is 34.5 Å². The number of aliphatic imine (C=N–C) groups is 2. The Balaban J connectivity index is 1.33. The van der Waals surface area contributed by atoms with Gasteiger partial charge in [-0.15, -0.1) is 0 Å². The van der Waals surface area contributed by atoms with Gasteiger partial charge in [-0.3, -0.25) is 0 Å². The molecule has 1 fully saturated rings. The molecule has 1 saturated heterocycles. The molecule has 0 radical (unpaired) electrons. The Labute approximate surface area is 180 Å². The number of carbonyl (C=O) groups is 1. The maximum absolute atomic E-state index is 12.4. The summed E-state index contributed by atoms with van der Waals surface area (Å²) in [4.78, 5) is 23.4. The van der Waals surface area contributed by atoms with Crippen molar-refractivity contribution < 1.29 is 4.79 Å². The van der Waals surface area contributed by atoms with E-state index in [1.54, 1.807) is 6.07 Å². The number of carbonyl (C=O) groups excluding carboxylic acids is 1. The summed E-state index contributed by atoms with van der Waals surface area (Å²) in [5.41, 5.74) is 7.03. The van der Waals surface area contributed by atoms with Crippen LogP contribution < -0.4 is 10.7 Å². The SMILES string of the molecule is O=C(Nc1ccc(Cl)c(C2N=C3N=CC(C4=CCCC=C4)=CN3N2)c1)N1CCCC1. The molecule has 154 valence electrons. The molecule has 1 aromatic carbocycles. The number of hydrogen-bond donors (Lipinski definition) is 2. The molecule has 2 N–H and O–H groups in total. The number of allylic oxidation sites excluding steroid dienone is 5. The first-order valence-corrected chi connectivity index (χ1v) is 10.7. The van der Waals surface area contributed by atoms with E-state index in [-0.39, 0.29) is 12.2 Å². The van der Waals surface area contributed by atoms with E-state index < -0.39 is 0 Å². The molecule has 1 unspecified atom stereocenters. The van der Waals surface area contributed by atoms with Crippen LogP contribution in [-0.2, 0) is 0 Å². The highest BCUT2D eigenvalue weighted by Gasteiger charge is 2.28. The minimum absolute atomic E-state index is 0.0742. The van der Waals surface area contributed by atoms with Gasteiger partial charge in [-0.2, -0.15) is 5.43 Å². The number of likely N-dealkylation sites (tertiary alicyclic amines) is 1. The van der Waals surface area contributed by atoms with Crippen molar-refractivity contribution in [2.75, 3.05) is 18.4 Å². The molecule has 5 rings (SSSR count). The summed E-state index contributed by atoms with van der Waals surface area (Å²) in [6, 6.07) is 5.40. The van der Waals surface area contributed by atoms with Crippen molar-refractivity contribution in [1.82, 2.24) is 15.3 Å². The number of halogens is 1. The molecule has 1 atom stereocenters. The molecule has 2 amide bonds. The fourth-order valence-corrected chi connectivity index (χ4v) is 4.18. The molecule has 4 aliphatic rings. The van der Waals surface area contributed by atoms with Crippen molar-refractivity contribution in [3.05, 3.63) is 64.4 Å². The monoisotopic (exact) mass is 422 g/mol. The lowest BCUT2D eigenvalue weighted by molar-refractivity contribution is 0.222. The summed E-state index contributed by atoms with van der Waals surface area (Å²) in [6.07, 6.45) is 14.2. The zero-order chi connectivity index (χ0) is 20.5. The van der Waals surface area contributed by atoms with Gasteiger partial charge >= 0.3 is 6.03 Å². The van der Waals surface area contributed by atoms with Crippen LogP contribution in [0.15, 0.2) is 63.8 Å². The second-order valence-corrected chi connectivity index (χ2v) is 8.08. The average Bonchev–Trinajstić information content (AvgIpc) is 3.45. The summed E-state index contributed by atoms with van der Waals surface area (Å²) in [5, 5.41) is 5.38. The average molecular weight is 423 g/mol. The minimum Gasteiger partial charge on any atom is -0.325 e. The number of urea groups is 1. The van der Waals surface area contributed by atoms with Gasteiger partial charge in [0.15, 0.2) is 0 Å². The summed E-state index contributed by atoms with van der Waals surface area (Å²) < 4.78 is 0. The standard InChI is InChI=1S/C22H23ClN6O/c23-19-9-8-17(25-22(30)28-10-4-5-11-28)12-18(19)20-26-21-24-13-16(14-29(21)27-20)15-6-2-1-3-7-15/h2,6-9,12-14,20,27H,1,3-5,10-11H2,(H,25,30). The van der Waals surface area contributed by atoms with Crippen LogP contribution in [-0.4, -0.2) is 41.2 Å². The van der Waals surface area contributed by atoms with Gasteiger partial charge in [0.2, 0.25) is 5.96 Å². The highest BCUT2D eigenvalue weighted by atomic mass is 35.5. The Hall–Kier alpha value is -2.90. The van der Waals surface area contributed by atoms with E-state index in [0.29, 0.717) is 16.7 Å². The number of nitrogens with zero attached hydrogens (tertiary/aromatic N) is 4. The van der Waals surface area contributed by atoms with Gasteiger partial charge in [-0.1, -0.05) is 29.8 Å². The van der Waals surface area contributed by atoms with Crippen molar-refractivity contribution in [3.63, 3.8) is 0 Å². The van der Waals surface area contributed by atoms with E-state index in [9.17, 15) is 4.79 Å². The largest absolute Gasteiger partial charge is 0.325 e. The fourth-order valence-electron chi connectivity index (χ4n) is 3.96. The van der Waals surface area contributed by atoms with Crippen molar-refractivity contribution in [2.24, 2.45) is 9.98 Å². The van der Waals surface area contributed by atoms with Crippen LogP contribution in [0.1, 0.15) is 37.4 Å². The number of nitrogens with one attached hydrogen (secondary N) is 2. The normalized spacial score (nSPS) is 22.6. The minimum atomic E-state index is -0.375.